The minimum Gasteiger partial charge on any atom is -0.356 e. The zero-order valence-electron chi connectivity index (χ0n) is 21.9. The quantitative estimate of drug-likeness (QED) is 0.196. The maximum absolute atomic E-state index is 12.1. The average Bonchev–Trinajstić information content (AvgIpc) is 3.52. The van der Waals surface area contributed by atoms with E-state index in [1.165, 1.54) is 7.05 Å². The molecule has 1 aromatic heterocycles. The summed E-state index contributed by atoms with van der Waals surface area (Å²) in [5.74, 6) is 1.90. The summed E-state index contributed by atoms with van der Waals surface area (Å²) in [7, 11) is -2.12. The first-order chi connectivity index (χ1) is 18.9. The second-order valence-corrected chi connectivity index (χ2v) is 11.1. The normalized spacial score (nSPS) is 13.9. The number of para-hydroxylation sites is 1. The van der Waals surface area contributed by atoms with Gasteiger partial charge in [-0.1, -0.05) is 60.7 Å². The molecule has 0 amide bonds. The van der Waals surface area contributed by atoms with E-state index in [0.29, 0.717) is 17.5 Å². The maximum Gasteiger partial charge on any atom is 0.240 e. The molecule has 39 heavy (non-hydrogen) atoms. The van der Waals surface area contributed by atoms with Gasteiger partial charge in [0.1, 0.15) is 5.82 Å². The number of hydrogen-bond acceptors (Lipinski definition) is 8. The van der Waals surface area contributed by atoms with E-state index in [1.54, 1.807) is 24.3 Å². The fourth-order valence-corrected chi connectivity index (χ4v) is 5.19. The highest BCUT2D eigenvalue weighted by Crippen LogP contribution is 2.38. The predicted molar refractivity (Wildman–Crippen MR) is 157 cm³/mol. The third-order valence-electron chi connectivity index (χ3n) is 6.57. The number of hydrogen-bond donors (Lipinski definition) is 3. The van der Waals surface area contributed by atoms with E-state index in [1.807, 2.05) is 67.6 Å². The number of hydrazone groups is 1. The minimum absolute atomic E-state index is 0.198. The van der Waals surface area contributed by atoms with Gasteiger partial charge in [0.05, 0.1) is 16.2 Å². The Kier molecular flexibility index (Phi) is 7.85. The number of benzene rings is 3. The maximum atomic E-state index is 12.1. The highest BCUT2D eigenvalue weighted by molar-refractivity contribution is 7.89. The number of anilines is 4. The number of rotatable bonds is 9. The fourth-order valence-electron chi connectivity index (χ4n) is 4.46. The van der Waals surface area contributed by atoms with Crippen LogP contribution in [0.4, 0.5) is 23.3 Å². The molecule has 3 aromatic carbocycles. The van der Waals surface area contributed by atoms with Crippen molar-refractivity contribution in [1.82, 2.24) is 14.7 Å². The van der Waals surface area contributed by atoms with Crippen LogP contribution in [0.3, 0.4) is 0 Å². The second kappa shape index (κ2) is 11.6. The van der Waals surface area contributed by atoms with Crippen LogP contribution in [0.15, 0.2) is 94.9 Å². The van der Waals surface area contributed by atoms with Gasteiger partial charge in [-0.3, -0.25) is 5.43 Å². The van der Waals surface area contributed by atoms with Gasteiger partial charge >= 0.3 is 0 Å². The lowest BCUT2D eigenvalue weighted by Gasteiger charge is -2.23. The monoisotopic (exact) mass is 541 g/mol. The zero-order chi connectivity index (χ0) is 27.2. The van der Waals surface area contributed by atoms with Crippen molar-refractivity contribution in [3.8, 4) is 11.1 Å². The van der Waals surface area contributed by atoms with E-state index < -0.39 is 10.0 Å². The van der Waals surface area contributed by atoms with Crippen molar-refractivity contribution in [3.05, 3.63) is 90.5 Å². The van der Waals surface area contributed by atoms with Crippen LogP contribution in [0.2, 0.25) is 0 Å². The Bertz CT molecular complexity index is 1550. The predicted octanol–water partition coefficient (Wildman–Crippen LogP) is 5.23. The SMILES string of the molecule is CNS(=O)(=O)c1ccc(C(C)=NNc2nc(Nc3ccccc3)nc(N3CCCC3)c2-c2ccccc2)cc1. The number of nitrogens with zero attached hydrogens (tertiary/aromatic N) is 4. The summed E-state index contributed by atoms with van der Waals surface area (Å²) in [4.78, 5) is 12.3. The fraction of sp³-hybridized carbons (Fsp3) is 0.207. The Balaban J connectivity index is 1.55. The van der Waals surface area contributed by atoms with Gasteiger partial charge in [0.25, 0.3) is 0 Å². The average molecular weight is 542 g/mol. The van der Waals surface area contributed by atoms with Gasteiger partial charge in [0.2, 0.25) is 16.0 Å². The topological polar surface area (TPSA) is 112 Å². The van der Waals surface area contributed by atoms with Crippen molar-refractivity contribution in [2.24, 2.45) is 5.10 Å². The smallest absolute Gasteiger partial charge is 0.240 e. The molecule has 200 valence electrons. The molecule has 1 aliphatic rings. The van der Waals surface area contributed by atoms with Gasteiger partial charge in [0.15, 0.2) is 5.82 Å². The molecule has 0 atom stereocenters. The van der Waals surface area contributed by atoms with E-state index in [9.17, 15) is 8.42 Å². The van der Waals surface area contributed by atoms with Crippen LogP contribution in [0.5, 0.6) is 0 Å². The third-order valence-corrected chi connectivity index (χ3v) is 8.00. The van der Waals surface area contributed by atoms with E-state index in [2.05, 4.69) is 25.5 Å². The van der Waals surface area contributed by atoms with E-state index in [4.69, 9.17) is 9.97 Å². The summed E-state index contributed by atoms with van der Waals surface area (Å²) in [6.45, 7) is 3.71. The summed E-state index contributed by atoms with van der Waals surface area (Å²) in [5.41, 5.74) is 7.42. The Morgan fingerprint density at radius 1 is 0.872 bits per heavy atom. The lowest BCUT2D eigenvalue weighted by Crippen LogP contribution is -2.21. The molecular formula is C29H31N7O2S. The van der Waals surface area contributed by atoms with Gasteiger partial charge in [-0.2, -0.15) is 15.1 Å². The van der Waals surface area contributed by atoms with Crippen LogP contribution in [0.1, 0.15) is 25.3 Å². The van der Waals surface area contributed by atoms with Crippen molar-refractivity contribution in [1.29, 1.82) is 0 Å². The molecule has 0 spiro atoms. The molecule has 0 unspecified atom stereocenters. The molecule has 0 saturated carbocycles. The van der Waals surface area contributed by atoms with E-state index in [0.717, 1.165) is 54.1 Å². The molecule has 3 N–H and O–H groups in total. The van der Waals surface area contributed by atoms with Crippen LogP contribution in [-0.4, -0.2) is 44.2 Å². The molecule has 9 nitrogen and oxygen atoms in total. The Morgan fingerprint density at radius 3 is 2.15 bits per heavy atom. The first-order valence-electron chi connectivity index (χ1n) is 12.8. The summed E-state index contributed by atoms with van der Waals surface area (Å²) >= 11 is 0. The molecule has 0 bridgehead atoms. The summed E-state index contributed by atoms with van der Waals surface area (Å²) in [6, 6.07) is 26.5. The molecule has 2 heterocycles. The summed E-state index contributed by atoms with van der Waals surface area (Å²) < 4.78 is 26.5. The highest BCUT2D eigenvalue weighted by Gasteiger charge is 2.23. The van der Waals surface area contributed by atoms with Gasteiger partial charge < -0.3 is 10.2 Å². The number of nitrogens with one attached hydrogen (secondary N) is 3. The van der Waals surface area contributed by atoms with Gasteiger partial charge in [-0.25, -0.2) is 13.1 Å². The van der Waals surface area contributed by atoms with Crippen molar-refractivity contribution in [2.75, 3.05) is 35.8 Å². The first kappa shape index (κ1) is 26.3. The number of sulfonamides is 1. The molecule has 5 rings (SSSR count). The summed E-state index contributed by atoms with van der Waals surface area (Å²) in [6.07, 6.45) is 2.22. The van der Waals surface area contributed by atoms with Crippen molar-refractivity contribution < 1.29 is 8.42 Å². The molecule has 0 radical (unpaired) electrons. The molecule has 0 aliphatic carbocycles. The molecule has 10 heteroatoms. The van der Waals surface area contributed by atoms with Crippen LogP contribution in [0.25, 0.3) is 11.1 Å². The highest BCUT2D eigenvalue weighted by atomic mass is 32.2. The van der Waals surface area contributed by atoms with Gasteiger partial charge in [0, 0.05) is 18.8 Å². The molecule has 1 fully saturated rings. The van der Waals surface area contributed by atoms with Gasteiger partial charge in [-0.05, 0) is 62.2 Å². The molecule has 1 saturated heterocycles. The summed E-state index contributed by atoms with van der Waals surface area (Å²) in [5, 5.41) is 7.98. The van der Waals surface area contributed by atoms with Crippen LogP contribution in [-0.2, 0) is 10.0 Å². The van der Waals surface area contributed by atoms with Crippen LogP contribution in [0, 0.1) is 0 Å². The van der Waals surface area contributed by atoms with Gasteiger partial charge in [-0.15, -0.1) is 0 Å². The lowest BCUT2D eigenvalue weighted by atomic mass is 10.1. The Labute approximate surface area is 229 Å². The Morgan fingerprint density at radius 2 is 1.51 bits per heavy atom. The minimum atomic E-state index is -3.51. The van der Waals surface area contributed by atoms with Crippen molar-refractivity contribution in [2.45, 2.75) is 24.7 Å². The Hall–Kier alpha value is -4.28. The first-order valence-corrected chi connectivity index (χ1v) is 14.3. The molecule has 1 aliphatic heterocycles. The van der Waals surface area contributed by atoms with E-state index >= 15 is 0 Å². The van der Waals surface area contributed by atoms with Crippen molar-refractivity contribution >= 4 is 39.0 Å². The standard InChI is InChI=1S/C29H31N7O2S/c1-21(22-15-17-25(18-16-22)39(37,38)30-2)34-35-27-26(23-11-5-3-6-12-23)28(36-19-9-10-20-36)33-29(32-27)31-24-13-7-4-8-14-24/h3-8,11-18,30H,9-10,19-20H2,1-2H3,(H2,31,32,33,35). The largest absolute Gasteiger partial charge is 0.356 e. The van der Waals surface area contributed by atoms with Crippen LogP contribution >= 0.6 is 0 Å². The number of aromatic nitrogens is 2. The molecular weight excluding hydrogens is 510 g/mol. The van der Waals surface area contributed by atoms with Crippen LogP contribution < -0.4 is 20.4 Å². The third kappa shape index (κ3) is 6.08. The van der Waals surface area contributed by atoms with E-state index in [-0.39, 0.29) is 4.90 Å². The molecule has 4 aromatic rings. The zero-order valence-corrected chi connectivity index (χ0v) is 22.7. The lowest BCUT2D eigenvalue weighted by molar-refractivity contribution is 0.588. The second-order valence-electron chi connectivity index (χ2n) is 9.19. The van der Waals surface area contributed by atoms with Crippen molar-refractivity contribution in [3.63, 3.8) is 0 Å².